The molecular formula is C20H22N6O. The number of aryl methyl sites for hydroxylation is 1. The van der Waals surface area contributed by atoms with Gasteiger partial charge in [-0.3, -0.25) is 9.48 Å². The molecule has 0 saturated heterocycles. The lowest BCUT2D eigenvalue weighted by atomic mass is 10.1. The molecule has 0 atom stereocenters. The molecule has 3 aromatic rings. The van der Waals surface area contributed by atoms with Gasteiger partial charge in [-0.2, -0.15) is 5.10 Å². The molecule has 27 heavy (non-hydrogen) atoms. The average molecular weight is 362 g/mol. The van der Waals surface area contributed by atoms with Crippen LogP contribution in [0.2, 0.25) is 0 Å². The number of carbonyl (C=O) groups is 1. The molecule has 1 aromatic carbocycles. The molecule has 0 aliphatic heterocycles. The Balaban J connectivity index is 1.37. The normalized spacial score (nSPS) is 13.4. The summed E-state index contributed by atoms with van der Waals surface area (Å²) in [6, 6.07) is 10.1. The van der Waals surface area contributed by atoms with E-state index in [1.54, 1.807) is 17.1 Å². The largest absolute Gasteiger partial charge is 0.356 e. The Labute approximate surface area is 157 Å². The summed E-state index contributed by atoms with van der Waals surface area (Å²) in [4.78, 5) is 20.5. The number of rotatable bonds is 7. The van der Waals surface area contributed by atoms with Crippen molar-refractivity contribution in [2.75, 3.05) is 11.9 Å². The molecule has 7 nitrogen and oxygen atoms in total. The first-order valence-electron chi connectivity index (χ1n) is 9.13. The lowest BCUT2D eigenvalue weighted by molar-refractivity contribution is -0.122. The number of nitrogens with zero attached hydrogens (tertiary/aromatic N) is 4. The van der Waals surface area contributed by atoms with E-state index in [1.165, 1.54) is 5.56 Å². The standard InChI is InChI=1S/C20H22N6O/c1-26-13-17(12-23-26)24-20-22-11-9-18(25-20)15-4-2-14(3-5-15)8-10-21-19(27)16-6-7-16/h2-5,9,11-13,16H,6-8,10H2,1H3,(H,21,27)(H,22,24,25). The van der Waals surface area contributed by atoms with Gasteiger partial charge in [-0.25, -0.2) is 9.97 Å². The van der Waals surface area contributed by atoms with Crippen LogP contribution in [0.4, 0.5) is 11.6 Å². The van der Waals surface area contributed by atoms with E-state index < -0.39 is 0 Å². The van der Waals surface area contributed by atoms with Crippen molar-refractivity contribution in [1.29, 1.82) is 0 Å². The summed E-state index contributed by atoms with van der Waals surface area (Å²) in [6.07, 6.45) is 8.24. The molecule has 1 fully saturated rings. The van der Waals surface area contributed by atoms with Gasteiger partial charge in [0.05, 0.1) is 17.6 Å². The predicted octanol–water partition coefficient (Wildman–Crippen LogP) is 2.69. The first kappa shape index (κ1) is 17.2. The van der Waals surface area contributed by atoms with E-state index >= 15 is 0 Å². The van der Waals surface area contributed by atoms with Gasteiger partial charge in [-0.1, -0.05) is 24.3 Å². The number of amides is 1. The zero-order chi connectivity index (χ0) is 18.6. The van der Waals surface area contributed by atoms with Crippen molar-refractivity contribution >= 4 is 17.5 Å². The number of aromatic nitrogens is 4. The molecule has 1 amide bonds. The molecule has 2 aromatic heterocycles. The van der Waals surface area contributed by atoms with Crippen LogP contribution >= 0.6 is 0 Å². The molecule has 0 radical (unpaired) electrons. The maximum absolute atomic E-state index is 11.7. The monoisotopic (exact) mass is 362 g/mol. The fraction of sp³-hybridized carbons (Fsp3) is 0.300. The van der Waals surface area contributed by atoms with Gasteiger partial charge in [0.2, 0.25) is 11.9 Å². The van der Waals surface area contributed by atoms with Crippen LogP contribution in [-0.2, 0) is 18.3 Å². The lowest BCUT2D eigenvalue weighted by Gasteiger charge is -2.07. The maximum Gasteiger partial charge on any atom is 0.227 e. The van der Waals surface area contributed by atoms with Crippen molar-refractivity contribution in [2.24, 2.45) is 13.0 Å². The fourth-order valence-electron chi connectivity index (χ4n) is 2.86. The number of benzene rings is 1. The van der Waals surface area contributed by atoms with Crippen LogP contribution < -0.4 is 10.6 Å². The van der Waals surface area contributed by atoms with Crippen molar-refractivity contribution in [3.05, 3.63) is 54.5 Å². The molecule has 0 spiro atoms. The molecule has 138 valence electrons. The third-order valence-electron chi connectivity index (χ3n) is 4.53. The van der Waals surface area contributed by atoms with Gasteiger partial charge in [0.1, 0.15) is 0 Å². The first-order valence-corrected chi connectivity index (χ1v) is 9.13. The Morgan fingerprint density at radius 1 is 1.22 bits per heavy atom. The predicted molar refractivity (Wildman–Crippen MR) is 103 cm³/mol. The number of carbonyl (C=O) groups excluding carboxylic acids is 1. The van der Waals surface area contributed by atoms with E-state index in [-0.39, 0.29) is 11.8 Å². The summed E-state index contributed by atoms with van der Waals surface area (Å²) < 4.78 is 1.72. The van der Waals surface area contributed by atoms with Gasteiger partial charge in [0.25, 0.3) is 0 Å². The second-order valence-electron chi connectivity index (χ2n) is 6.81. The SMILES string of the molecule is Cn1cc(Nc2nccc(-c3ccc(CCNC(=O)C4CC4)cc3)n2)cn1. The van der Waals surface area contributed by atoms with Crippen LogP contribution in [0.15, 0.2) is 48.9 Å². The highest BCUT2D eigenvalue weighted by molar-refractivity contribution is 5.80. The van der Waals surface area contributed by atoms with E-state index in [1.807, 2.05) is 31.4 Å². The van der Waals surface area contributed by atoms with Gasteiger partial charge in [0, 0.05) is 37.5 Å². The minimum Gasteiger partial charge on any atom is -0.356 e. The molecule has 2 heterocycles. The van der Waals surface area contributed by atoms with Crippen molar-refractivity contribution in [3.63, 3.8) is 0 Å². The summed E-state index contributed by atoms with van der Waals surface area (Å²) in [6.45, 7) is 0.682. The number of nitrogens with one attached hydrogen (secondary N) is 2. The van der Waals surface area contributed by atoms with Crippen LogP contribution in [0.3, 0.4) is 0 Å². The summed E-state index contributed by atoms with van der Waals surface area (Å²) in [5.74, 6) is 0.994. The van der Waals surface area contributed by atoms with Crippen LogP contribution in [-0.4, -0.2) is 32.2 Å². The Morgan fingerprint density at radius 2 is 2.04 bits per heavy atom. The van der Waals surface area contributed by atoms with Crippen LogP contribution in [0.1, 0.15) is 18.4 Å². The summed E-state index contributed by atoms with van der Waals surface area (Å²) in [5, 5.41) is 10.3. The van der Waals surface area contributed by atoms with E-state index in [0.29, 0.717) is 12.5 Å². The van der Waals surface area contributed by atoms with E-state index in [9.17, 15) is 4.79 Å². The van der Waals surface area contributed by atoms with E-state index in [2.05, 4.69) is 37.8 Å². The van der Waals surface area contributed by atoms with E-state index in [4.69, 9.17) is 0 Å². The second-order valence-corrected chi connectivity index (χ2v) is 6.81. The number of anilines is 2. The minimum absolute atomic E-state index is 0.196. The molecule has 0 bridgehead atoms. The van der Waals surface area contributed by atoms with E-state index in [0.717, 1.165) is 36.2 Å². The smallest absolute Gasteiger partial charge is 0.227 e. The zero-order valence-corrected chi connectivity index (χ0v) is 15.2. The zero-order valence-electron chi connectivity index (χ0n) is 15.2. The molecule has 1 aliphatic rings. The lowest BCUT2D eigenvalue weighted by Crippen LogP contribution is -2.26. The number of hydrogen-bond acceptors (Lipinski definition) is 5. The highest BCUT2D eigenvalue weighted by Gasteiger charge is 2.28. The van der Waals surface area contributed by atoms with Gasteiger partial charge >= 0.3 is 0 Å². The van der Waals surface area contributed by atoms with Gasteiger partial charge in [-0.15, -0.1) is 0 Å². The molecule has 1 aliphatic carbocycles. The molecule has 4 rings (SSSR count). The van der Waals surface area contributed by atoms with Crippen molar-refractivity contribution in [3.8, 4) is 11.3 Å². The van der Waals surface area contributed by atoms with Gasteiger partial charge in [-0.05, 0) is 30.9 Å². The summed E-state index contributed by atoms with van der Waals surface area (Å²) in [7, 11) is 1.86. The summed E-state index contributed by atoms with van der Waals surface area (Å²) >= 11 is 0. The quantitative estimate of drug-likeness (QED) is 0.675. The molecule has 2 N–H and O–H groups in total. The van der Waals surface area contributed by atoms with Crippen LogP contribution in [0.25, 0.3) is 11.3 Å². The number of hydrogen-bond donors (Lipinski definition) is 2. The first-order chi connectivity index (χ1) is 13.2. The Bertz CT molecular complexity index is 930. The minimum atomic E-state index is 0.196. The van der Waals surface area contributed by atoms with Crippen molar-refractivity contribution in [1.82, 2.24) is 25.1 Å². The molecule has 1 saturated carbocycles. The highest BCUT2D eigenvalue weighted by atomic mass is 16.2. The van der Waals surface area contributed by atoms with Crippen LogP contribution in [0.5, 0.6) is 0 Å². The topological polar surface area (TPSA) is 84.7 Å². The average Bonchev–Trinajstić information content (AvgIpc) is 3.46. The fourth-order valence-corrected chi connectivity index (χ4v) is 2.86. The van der Waals surface area contributed by atoms with Gasteiger partial charge in [0.15, 0.2) is 0 Å². The third-order valence-corrected chi connectivity index (χ3v) is 4.53. The second kappa shape index (κ2) is 7.57. The Hall–Kier alpha value is -3.22. The molecule has 0 unspecified atom stereocenters. The Kier molecular flexibility index (Phi) is 4.82. The highest BCUT2D eigenvalue weighted by Crippen LogP contribution is 2.28. The molecular weight excluding hydrogens is 340 g/mol. The third kappa shape index (κ3) is 4.49. The Morgan fingerprint density at radius 3 is 2.74 bits per heavy atom. The van der Waals surface area contributed by atoms with Gasteiger partial charge < -0.3 is 10.6 Å². The van der Waals surface area contributed by atoms with Crippen molar-refractivity contribution < 1.29 is 4.79 Å². The summed E-state index contributed by atoms with van der Waals surface area (Å²) in [5.41, 5.74) is 3.92. The van der Waals surface area contributed by atoms with Crippen molar-refractivity contribution in [2.45, 2.75) is 19.3 Å². The molecule has 7 heteroatoms. The van der Waals surface area contributed by atoms with Crippen LogP contribution in [0, 0.1) is 5.92 Å². The maximum atomic E-state index is 11.7.